The van der Waals surface area contributed by atoms with Gasteiger partial charge in [0.15, 0.2) is 0 Å². The van der Waals surface area contributed by atoms with Gasteiger partial charge in [-0.2, -0.15) is 5.26 Å². The molecule has 6 nitrogen and oxygen atoms in total. The van der Waals surface area contributed by atoms with E-state index in [-0.39, 0.29) is 21.4 Å². The maximum atomic E-state index is 11.6. The molecule has 0 amide bonds. The van der Waals surface area contributed by atoms with Crippen molar-refractivity contribution in [3.05, 3.63) is 17.0 Å². The molecule has 1 rings (SSSR count). The van der Waals surface area contributed by atoms with Crippen LogP contribution in [0.25, 0.3) is 0 Å². The van der Waals surface area contributed by atoms with E-state index in [1.165, 1.54) is 12.1 Å². The predicted molar refractivity (Wildman–Crippen MR) is 63.9 cm³/mol. The van der Waals surface area contributed by atoms with Crippen molar-refractivity contribution < 1.29 is 16.8 Å². The Morgan fingerprint density at radius 3 is 2.47 bits per heavy atom. The normalized spacial score (nSPS) is 12.2. The van der Waals surface area contributed by atoms with Gasteiger partial charge >= 0.3 is 0 Å². The molecular weight excluding hydrogens is 284 g/mol. The fourth-order valence-corrected chi connectivity index (χ4v) is 3.74. The molecule has 0 aliphatic heterocycles. The number of sulfonamides is 1. The molecule has 0 radical (unpaired) electrons. The Hall–Kier alpha value is -0.950. The number of thiophene rings is 1. The molecule has 0 bridgehead atoms. The highest BCUT2D eigenvalue weighted by molar-refractivity contribution is 7.92. The van der Waals surface area contributed by atoms with Gasteiger partial charge in [0.25, 0.3) is 0 Å². The number of nitrogens with zero attached hydrogens (tertiary/aromatic N) is 1. The number of hydrogen-bond acceptors (Lipinski definition) is 6. The third-order valence-electron chi connectivity index (χ3n) is 1.72. The molecule has 0 saturated heterocycles. The molecule has 0 unspecified atom stereocenters. The van der Waals surface area contributed by atoms with Gasteiger partial charge < -0.3 is 0 Å². The van der Waals surface area contributed by atoms with E-state index in [0.29, 0.717) is 0 Å². The van der Waals surface area contributed by atoms with Gasteiger partial charge in [-0.05, 0) is 12.1 Å². The van der Waals surface area contributed by atoms with Gasteiger partial charge in [-0.3, -0.25) is 0 Å². The van der Waals surface area contributed by atoms with Gasteiger partial charge in [-0.25, -0.2) is 21.6 Å². The lowest BCUT2D eigenvalue weighted by Crippen LogP contribution is -2.28. The zero-order valence-electron chi connectivity index (χ0n) is 8.87. The maximum Gasteiger partial charge on any atom is 0.250 e. The van der Waals surface area contributed by atoms with Crippen LogP contribution in [0.4, 0.5) is 0 Å². The number of hydrogen-bond donors (Lipinski definition) is 1. The first kappa shape index (κ1) is 14.1. The largest absolute Gasteiger partial charge is 0.250 e. The van der Waals surface area contributed by atoms with E-state index in [9.17, 15) is 16.8 Å². The summed E-state index contributed by atoms with van der Waals surface area (Å²) in [7, 11) is -6.92. The first-order valence-corrected chi connectivity index (χ1v) is 8.78. The summed E-state index contributed by atoms with van der Waals surface area (Å²) in [6.07, 6.45) is 1.03. The molecule has 9 heteroatoms. The molecule has 0 aromatic carbocycles. The molecule has 0 atom stereocenters. The van der Waals surface area contributed by atoms with E-state index in [1.54, 1.807) is 0 Å². The van der Waals surface area contributed by atoms with Gasteiger partial charge in [0.1, 0.15) is 25.0 Å². The summed E-state index contributed by atoms with van der Waals surface area (Å²) in [6, 6.07) is 4.54. The topological polar surface area (TPSA) is 104 Å². The number of rotatable bonds is 5. The van der Waals surface area contributed by atoms with Gasteiger partial charge in [0.2, 0.25) is 10.0 Å². The van der Waals surface area contributed by atoms with Crippen LogP contribution in [0.15, 0.2) is 16.3 Å². The summed E-state index contributed by atoms with van der Waals surface area (Å²) in [5.74, 6) is -0.261. The minimum Gasteiger partial charge on any atom is -0.229 e. The quantitative estimate of drug-likeness (QED) is 0.819. The molecule has 0 saturated carbocycles. The highest BCUT2D eigenvalue weighted by Gasteiger charge is 2.17. The van der Waals surface area contributed by atoms with Crippen molar-refractivity contribution in [1.82, 2.24) is 4.72 Å². The van der Waals surface area contributed by atoms with Gasteiger partial charge in [-0.1, -0.05) is 0 Å². The van der Waals surface area contributed by atoms with Crippen molar-refractivity contribution in [2.45, 2.75) is 4.21 Å². The van der Waals surface area contributed by atoms with Crippen molar-refractivity contribution in [1.29, 1.82) is 5.26 Å². The standard InChI is InChI=1S/C8H10N2O4S3/c1-16(11,12)5-4-10-17(13,14)8-3-2-7(6-9)15-8/h2-3,10H,4-5H2,1H3. The maximum absolute atomic E-state index is 11.6. The van der Waals surface area contributed by atoms with E-state index in [2.05, 4.69) is 4.72 Å². The van der Waals surface area contributed by atoms with Gasteiger partial charge in [0.05, 0.1) is 5.75 Å². The summed E-state index contributed by atoms with van der Waals surface area (Å²) in [5.41, 5.74) is 0. The summed E-state index contributed by atoms with van der Waals surface area (Å²) in [4.78, 5) is 0.286. The number of sulfone groups is 1. The van der Waals surface area contributed by atoms with Crippen LogP contribution in [0.5, 0.6) is 0 Å². The monoisotopic (exact) mass is 294 g/mol. The van der Waals surface area contributed by atoms with Crippen LogP contribution in [0, 0.1) is 11.3 Å². The Balaban J connectivity index is 2.73. The second-order valence-corrected chi connectivity index (χ2v) is 8.60. The van der Waals surface area contributed by atoms with Crippen molar-refractivity contribution >= 4 is 31.2 Å². The predicted octanol–water partition coefficient (Wildman–Crippen LogP) is -0.0573. The summed E-state index contributed by atoms with van der Waals surface area (Å²) in [6.45, 7) is -0.180. The van der Waals surface area contributed by atoms with Crippen LogP contribution in [-0.4, -0.2) is 35.4 Å². The van der Waals surface area contributed by atoms with Crippen LogP contribution in [0.1, 0.15) is 4.88 Å². The molecule has 17 heavy (non-hydrogen) atoms. The Kier molecular flexibility index (Phi) is 4.26. The third kappa shape index (κ3) is 4.43. The molecular formula is C8H10N2O4S3. The molecule has 1 aromatic rings. The van der Waals surface area contributed by atoms with Crippen LogP contribution in [0.2, 0.25) is 0 Å². The van der Waals surface area contributed by atoms with Crippen molar-refractivity contribution in [2.75, 3.05) is 18.6 Å². The Labute approximate surface area is 104 Å². The van der Waals surface area contributed by atoms with E-state index >= 15 is 0 Å². The van der Waals surface area contributed by atoms with Gasteiger partial charge in [-0.15, -0.1) is 11.3 Å². The molecule has 0 fully saturated rings. The van der Waals surface area contributed by atoms with E-state index < -0.39 is 19.9 Å². The third-order valence-corrected chi connectivity index (χ3v) is 5.61. The lowest BCUT2D eigenvalue weighted by Gasteiger charge is -2.03. The van der Waals surface area contributed by atoms with Crippen molar-refractivity contribution in [3.8, 4) is 6.07 Å². The Morgan fingerprint density at radius 1 is 1.35 bits per heavy atom. The van der Waals surface area contributed by atoms with E-state index in [1.807, 2.05) is 6.07 Å². The Bertz CT molecular complexity index is 637. The SMILES string of the molecule is CS(=O)(=O)CCNS(=O)(=O)c1ccc(C#N)s1. The fraction of sp³-hybridized carbons (Fsp3) is 0.375. The summed E-state index contributed by atoms with van der Waals surface area (Å²) >= 11 is 0.837. The molecule has 0 aliphatic rings. The molecule has 0 spiro atoms. The molecule has 1 aromatic heterocycles. The fourth-order valence-electron chi connectivity index (χ4n) is 0.957. The summed E-state index contributed by atoms with van der Waals surface area (Å²) < 4.78 is 47.1. The molecule has 94 valence electrons. The highest BCUT2D eigenvalue weighted by Crippen LogP contribution is 2.20. The minimum absolute atomic E-state index is 0.00236. The van der Waals surface area contributed by atoms with Gasteiger partial charge in [0, 0.05) is 12.8 Å². The second-order valence-electron chi connectivity index (χ2n) is 3.26. The first-order chi connectivity index (χ1) is 7.74. The lowest BCUT2D eigenvalue weighted by atomic mass is 10.5. The van der Waals surface area contributed by atoms with E-state index in [4.69, 9.17) is 5.26 Å². The van der Waals surface area contributed by atoms with E-state index in [0.717, 1.165) is 17.6 Å². The smallest absolute Gasteiger partial charge is 0.229 e. The second kappa shape index (κ2) is 5.14. The Morgan fingerprint density at radius 2 is 2.00 bits per heavy atom. The average molecular weight is 294 g/mol. The van der Waals surface area contributed by atoms with Crippen molar-refractivity contribution in [3.63, 3.8) is 0 Å². The summed E-state index contributed by atoms with van der Waals surface area (Å²) in [5, 5.41) is 8.57. The molecule has 0 aliphatic carbocycles. The van der Waals surface area contributed by atoms with Crippen LogP contribution >= 0.6 is 11.3 Å². The highest BCUT2D eigenvalue weighted by atomic mass is 32.2. The van der Waals surface area contributed by atoms with Crippen LogP contribution in [0.3, 0.4) is 0 Å². The molecule has 1 N–H and O–H groups in total. The number of nitrogens with one attached hydrogen (secondary N) is 1. The lowest BCUT2D eigenvalue weighted by molar-refractivity contribution is 0.584. The number of nitriles is 1. The zero-order valence-corrected chi connectivity index (χ0v) is 11.3. The first-order valence-electron chi connectivity index (χ1n) is 4.42. The van der Waals surface area contributed by atoms with Crippen LogP contribution in [-0.2, 0) is 19.9 Å². The zero-order chi connectivity index (χ0) is 13.1. The van der Waals surface area contributed by atoms with Crippen LogP contribution < -0.4 is 4.72 Å². The van der Waals surface area contributed by atoms with Crippen molar-refractivity contribution in [2.24, 2.45) is 0 Å². The minimum atomic E-state index is -3.72. The molecule has 1 heterocycles. The average Bonchev–Trinajstić information content (AvgIpc) is 2.63.